The summed E-state index contributed by atoms with van der Waals surface area (Å²) in [7, 11) is 0. The Morgan fingerprint density at radius 1 is 1.19 bits per heavy atom. The quantitative estimate of drug-likeness (QED) is 0.925. The van der Waals surface area contributed by atoms with Crippen LogP contribution in [0.3, 0.4) is 0 Å². The van der Waals surface area contributed by atoms with Crippen LogP contribution in [0.1, 0.15) is 51.0 Å². The van der Waals surface area contributed by atoms with Crippen molar-refractivity contribution in [3.05, 3.63) is 18.0 Å². The molecule has 1 aliphatic heterocycles. The standard InChI is InChI=1S/C17H28N4/c1-2-16(18)9-13-10-19-17(20-11-13)21-8-7-14-5-3-4-6-15(14)12-21/h10-11,14-16H,2-9,12,18H2,1H3. The largest absolute Gasteiger partial charge is 0.341 e. The van der Waals surface area contributed by atoms with Crippen LogP contribution < -0.4 is 10.6 Å². The maximum absolute atomic E-state index is 5.99. The second-order valence-corrected chi connectivity index (χ2v) is 6.80. The Morgan fingerprint density at radius 2 is 1.90 bits per heavy atom. The molecule has 4 nitrogen and oxygen atoms in total. The second-order valence-electron chi connectivity index (χ2n) is 6.80. The van der Waals surface area contributed by atoms with E-state index in [0.29, 0.717) is 0 Å². The lowest BCUT2D eigenvalue weighted by atomic mass is 9.75. The molecular weight excluding hydrogens is 260 g/mol. The van der Waals surface area contributed by atoms with Gasteiger partial charge in [0.1, 0.15) is 0 Å². The Hall–Kier alpha value is -1.16. The summed E-state index contributed by atoms with van der Waals surface area (Å²) in [4.78, 5) is 11.6. The summed E-state index contributed by atoms with van der Waals surface area (Å²) < 4.78 is 0. The van der Waals surface area contributed by atoms with Crippen molar-refractivity contribution in [2.75, 3.05) is 18.0 Å². The van der Waals surface area contributed by atoms with E-state index in [4.69, 9.17) is 5.73 Å². The van der Waals surface area contributed by atoms with E-state index in [-0.39, 0.29) is 6.04 Å². The first-order valence-electron chi connectivity index (χ1n) is 8.57. The van der Waals surface area contributed by atoms with Gasteiger partial charge in [0.15, 0.2) is 0 Å². The zero-order valence-corrected chi connectivity index (χ0v) is 13.2. The van der Waals surface area contributed by atoms with Crippen LogP contribution in [0, 0.1) is 11.8 Å². The van der Waals surface area contributed by atoms with E-state index in [1.165, 1.54) is 32.1 Å². The Morgan fingerprint density at radius 3 is 2.62 bits per heavy atom. The molecule has 2 heterocycles. The minimum atomic E-state index is 0.220. The van der Waals surface area contributed by atoms with Crippen molar-refractivity contribution in [2.45, 2.75) is 57.9 Å². The highest BCUT2D eigenvalue weighted by Crippen LogP contribution is 2.36. The topological polar surface area (TPSA) is 55.0 Å². The zero-order valence-electron chi connectivity index (χ0n) is 13.2. The summed E-state index contributed by atoms with van der Waals surface area (Å²) >= 11 is 0. The van der Waals surface area contributed by atoms with Crippen LogP contribution in [-0.4, -0.2) is 29.1 Å². The van der Waals surface area contributed by atoms with Gasteiger partial charge in [-0.15, -0.1) is 0 Å². The molecule has 0 amide bonds. The highest BCUT2D eigenvalue weighted by Gasteiger charge is 2.31. The molecule has 3 unspecified atom stereocenters. The van der Waals surface area contributed by atoms with Crippen molar-refractivity contribution in [3.63, 3.8) is 0 Å². The first-order chi connectivity index (χ1) is 10.3. The molecule has 2 aliphatic rings. The molecule has 1 aromatic rings. The monoisotopic (exact) mass is 288 g/mol. The first-order valence-corrected chi connectivity index (χ1v) is 8.57. The summed E-state index contributed by atoms with van der Waals surface area (Å²) in [5.74, 6) is 2.73. The van der Waals surface area contributed by atoms with Gasteiger partial charge >= 0.3 is 0 Å². The third-order valence-corrected chi connectivity index (χ3v) is 5.29. The van der Waals surface area contributed by atoms with Crippen molar-refractivity contribution < 1.29 is 0 Å². The molecule has 0 bridgehead atoms. The summed E-state index contributed by atoms with van der Waals surface area (Å²) in [5.41, 5.74) is 7.15. The van der Waals surface area contributed by atoms with Gasteiger partial charge in [0.05, 0.1) is 0 Å². The molecule has 1 saturated carbocycles. The van der Waals surface area contributed by atoms with Crippen molar-refractivity contribution in [1.82, 2.24) is 9.97 Å². The molecule has 0 spiro atoms. The van der Waals surface area contributed by atoms with E-state index in [1.54, 1.807) is 0 Å². The minimum Gasteiger partial charge on any atom is -0.341 e. The SMILES string of the molecule is CCC(N)Cc1cnc(N2CCC3CCCCC3C2)nc1. The van der Waals surface area contributed by atoms with Gasteiger partial charge in [0, 0.05) is 31.5 Å². The molecule has 0 aromatic carbocycles. The predicted molar refractivity (Wildman–Crippen MR) is 86.3 cm³/mol. The summed E-state index contributed by atoms with van der Waals surface area (Å²) in [6.07, 6.45) is 12.8. The molecule has 1 aliphatic carbocycles. The minimum absolute atomic E-state index is 0.220. The molecule has 1 aromatic heterocycles. The Balaban J connectivity index is 1.61. The lowest BCUT2D eigenvalue weighted by Gasteiger charge is -2.41. The van der Waals surface area contributed by atoms with E-state index >= 15 is 0 Å². The number of hydrogen-bond donors (Lipinski definition) is 1. The van der Waals surface area contributed by atoms with Crippen LogP contribution >= 0.6 is 0 Å². The molecule has 0 radical (unpaired) electrons. The first kappa shape index (κ1) is 14.8. The van der Waals surface area contributed by atoms with E-state index in [1.807, 2.05) is 12.4 Å². The number of nitrogens with zero attached hydrogens (tertiary/aromatic N) is 3. The fourth-order valence-corrected chi connectivity index (χ4v) is 3.85. The van der Waals surface area contributed by atoms with Crippen LogP contribution in [0.25, 0.3) is 0 Å². The lowest BCUT2D eigenvalue weighted by molar-refractivity contribution is 0.201. The second kappa shape index (κ2) is 6.73. The van der Waals surface area contributed by atoms with Crippen LogP contribution in [0.4, 0.5) is 5.95 Å². The average Bonchev–Trinajstić information content (AvgIpc) is 2.55. The van der Waals surface area contributed by atoms with Gasteiger partial charge in [-0.3, -0.25) is 0 Å². The molecule has 3 atom stereocenters. The number of fused-ring (bicyclic) bond motifs is 1. The molecule has 4 heteroatoms. The Labute approximate surface area is 128 Å². The normalized spacial score (nSPS) is 27.2. The van der Waals surface area contributed by atoms with Crippen LogP contribution in [0.15, 0.2) is 12.4 Å². The van der Waals surface area contributed by atoms with Crippen molar-refractivity contribution in [2.24, 2.45) is 17.6 Å². The fraction of sp³-hybridized carbons (Fsp3) is 0.765. The molecule has 116 valence electrons. The Kier molecular flexibility index (Phi) is 4.73. The van der Waals surface area contributed by atoms with Crippen molar-refractivity contribution in [1.29, 1.82) is 0 Å². The predicted octanol–water partition coefficient (Wildman–Crippen LogP) is 2.77. The summed E-state index contributed by atoms with van der Waals surface area (Å²) in [6, 6.07) is 0.220. The van der Waals surface area contributed by atoms with Crippen LogP contribution in [0.2, 0.25) is 0 Å². The number of rotatable bonds is 4. The number of piperidine rings is 1. The third kappa shape index (κ3) is 3.54. The number of anilines is 1. The van der Waals surface area contributed by atoms with Gasteiger partial charge in [0.2, 0.25) is 5.95 Å². The molecule has 1 saturated heterocycles. The Bertz CT molecular complexity index is 445. The lowest BCUT2D eigenvalue weighted by Crippen LogP contribution is -2.42. The van der Waals surface area contributed by atoms with Crippen LogP contribution in [0.5, 0.6) is 0 Å². The molecule has 3 rings (SSSR count). The van der Waals surface area contributed by atoms with Gasteiger partial charge < -0.3 is 10.6 Å². The fourth-order valence-electron chi connectivity index (χ4n) is 3.85. The van der Waals surface area contributed by atoms with Crippen molar-refractivity contribution >= 4 is 5.95 Å². The highest BCUT2D eigenvalue weighted by atomic mass is 15.3. The number of nitrogens with two attached hydrogens (primary N) is 1. The summed E-state index contributed by atoms with van der Waals surface area (Å²) in [6.45, 7) is 4.39. The molecule has 2 N–H and O–H groups in total. The number of aromatic nitrogens is 2. The van der Waals surface area contributed by atoms with Gasteiger partial charge in [-0.05, 0) is 43.1 Å². The third-order valence-electron chi connectivity index (χ3n) is 5.29. The highest BCUT2D eigenvalue weighted by molar-refractivity contribution is 5.31. The van der Waals surface area contributed by atoms with Crippen molar-refractivity contribution in [3.8, 4) is 0 Å². The zero-order chi connectivity index (χ0) is 14.7. The van der Waals surface area contributed by atoms with E-state index in [2.05, 4.69) is 21.8 Å². The number of hydrogen-bond acceptors (Lipinski definition) is 4. The van der Waals surface area contributed by atoms with Gasteiger partial charge in [-0.1, -0.05) is 26.2 Å². The van der Waals surface area contributed by atoms with Gasteiger partial charge in [-0.25, -0.2) is 9.97 Å². The summed E-state index contributed by atoms with van der Waals surface area (Å²) in [5, 5.41) is 0. The smallest absolute Gasteiger partial charge is 0.225 e. The van der Waals surface area contributed by atoms with Gasteiger partial charge in [0.25, 0.3) is 0 Å². The maximum Gasteiger partial charge on any atom is 0.225 e. The maximum atomic E-state index is 5.99. The van der Waals surface area contributed by atoms with E-state index < -0.39 is 0 Å². The molecule has 21 heavy (non-hydrogen) atoms. The van der Waals surface area contributed by atoms with Gasteiger partial charge in [-0.2, -0.15) is 0 Å². The van der Waals surface area contributed by atoms with Crippen LogP contribution in [-0.2, 0) is 6.42 Å². The molecule has 2 fully saturated rings. The molecular formula is C17H28N4. The van der Waals surface area contributed by atoms with E-state index in [9.17, 15) is 0 Å². The average molecular weight is 288 g/mol. The van der Waals surface area contributed by atoms with E-state index in [0.717, 1.165) is 49.3 Å².